The normalized spacial score (nSPS) is 12.2. The Morgan fingerprint density at radius 2 is 1.23 bits per heavy atom. The highest BCUT2D eigenvalue weighted by Gasteiger charge is 2.22. The third-order valence-electron chi connectivity index (χ3n) is 9.23. The topological polar surface area (TPSA) is 30.7 Å². The molecule has 1 aliphatic rings. The Hall–Kier alpha value is -5.80. The summed E-state index contributed by atoms with van der Waals surface area (Å²) >= 11 is 0. The minimum absolute atomic E-state index is 1.04. The fraction of sp³-hybridized carbons (Fsp3) is 0. The molecule has 3 heteroatoms. The number of hydrogen-bond donors (Lipinski definition) is 0. The summed E-state index contributed by atoms with van der Waals surface area (Å²) in [5.74, 6) is 0. The lowest BCUT2D eigenvalue weighted by atomic mass is 9.96. The van der Waals surface area contributed by atoms with Gasteiger partial charge in [-0.15, -0.1) is 0 Å². The summed E-state index contributed by atoms with van der Waals surface area (Å²) in [5, 5.41) is 9.92. The zero-order valence-electron chi connectivity index (χ0n) is 23.1. The maximum atomic E-state index is 4.77. The van der Waals surface area contributed by atoms with Gasteiger partial charge < -0.3 is 4.57 Å². The first-order valence-electron chi connectivity index (χ1n) is 14.6. The predicted octanol–water partition coefficient (Wildman–Crippen LogP) is 10.3. The quantitative estimate of drug-likeness (QED) is 0.216. The van der Waals surface area contributed by atoms with E-state index in [1.807, 2.05) is 24.8 Å². The molecule has 0 amide bonds. The second-order valence-electron chi connectivity index (χ2n) is 11.5. The van der Waals surface area contributed by atoms with Crippen molar-refractivity contribution in [1.29, 1.82) is 0 Å². The van der Waals surface area contributed by atoms with E-state index in [0.717, 1.165) is 27.7 Å². The van der Waals surface area contributed by atoms with Gasteiger partial charge in [-0.2, -0.15) is 0 Å². The second-order valence-corrected chi connectivity index (χ2v) is 11.5. The van der Waals surface area contributed by atoms with E-state index in [-0.39, 0.29) is 0 Å². The third-order valence-corrected chi connectivity index (χ3v) is 9.23. The van der Waals surface area contributed by atoms with Crippen LogP contribution in [0.5, 0.6) is 0 Å². The van der Waals surface area contributed by atoms with Crippen LogP contribution in [-0.2, 0) is 0 Å². The number of benzene rings is 6. The summed E-state index contributed by atoms with van der Waals surface area (Å²) in [4.78, 5) is 9.23. The van der Waals surface area contributed by atoms with Crippen molar-refractivity contribution in [2.24, 2.45) is 0 Å². The van der Waals surface area contributed by atoms with E-state index >= 15 is 0 Å². The molecule has 0 unspecified atom stereocenters. The average molecular weight is 546 g/mol. The van der Waals surface area contributed by atoms with Gasteiger partial charge in [0.15, 0.2) is 0 Å². The zero-order chi connectivity index (χ0) is 28.1. The van der Waals surface area contributed by atoms with Gasteiger partial charge in [-0.05, 0) is 85.1 Å². The van der Waals surface area contributed by atoms with Crippen LogP contribution in [0.4, 0.5) is 0 Å². The largest absolute Gasteiger partial charge is 0.307 e. The molecule has 0 atom stereocenters. The van der Waals surface area contributed by atoms with Gasteiger partial charge in [0, 0.05) is 40.3 Å². The van der Waals surface area contributed by atoms with E-state index in [9.17, 15) is 0 Å². The number of fused-ring (bicyclic) bond motifs is 9. The second kappa shape index (κ2) is 8.37. The van der Waals surface area contributed by atoms with Crippen molar-refractivity contribution in [3.05, 3.63) is 140 Å². The van der Waals surface area contributed by atoms with Crippen molar-refractivity contribution in [3.8, 4) is 39.1 Å². The lowest BCUT2D eigenvalue weighted by Gasteiger charge is -2.12. The fourth-order valence-electron chi connectivity index (χ4n) is 7.31. The highest BCUT2D eigenvalue weighted by Crippen LogP contribution is 2.48. The summed E-state index contributed by atoms with van der Waals surface area (Å²) in [6, 6.07) is 42.2. The monoisotopic (exact) mass is 545 g/mol. The highest BCUT2D eigenvalue weighted by molar-refractivity contribution is 6.19. The van der Waals surface area contributed by atoms with Crippen molar-refractivity contribution in [2.75, 3.05) is 0 Å². The van der Waals surface area contributed by atoms with Gasteiger partial charge in [-0.1, -0.05) is 84.9 Å². The molecule has 9 aromatic rings. The maximum absolute atomic E-state index is 4.77. The van der Waals surface area contributed by atoms with Crippen LogP contribution in [0.1, 0.15) is 0 Å². The SMILES string of the molecule is c1cc2c3c(cccc3c1)-c1cc3cc(-c4cncc(-n5c6ccncc6c6ccc7ccccc7c65)c4)ccc3cc1-2. The van der Waals surface area contributed by atoms with Crippen LogP contribution in [0.15, 0.2) is 140 Å². The first-order chi connectivity index (χ1) is 21.3. The molecule has 0 aliphatic heterocycles. The predicted molar refractivity (Wildman–Crippen MR) is 179 cm³/mol. The van der Waals surface area contributed by atoms with Crippen molar-refractivity contribution >= 4 is 54.1 Å². The number of hydrogen-bond acceptors (Lipinski definition) is 2. The Morgan fingerprint density at radius 3 is 2.12 bits per heavy atom. The van der Waals surface area contributed by atoms with E-state index in [4.69, 9.17) is 4.98 Å². The van der Waals surface area contributed by atoms with E-state index in [1.165, 1.54) is 65.5 Å². The van der Waals surface area contributed by atoms with Crippen molar-refractivity contribution < 1.29 is 0 Å². The Morgan fingerprint density at radius 1 is 0.442 bits per heavy atom. The molecular formula is C40H23N3. The van der Waals surface area contributed by atoms with Gasteiger partial charge in [-0.3, -0.25) is 9.97 Å². The van der Waals surface area contributed by atoms with Crippen LogP contribution >= 0.6 is 0 Å². The van der Waals surface area contributed by atoms with Crippen LogP contribution in [0.3, 0.4) is 0 Å². The summed E-state index contributed by atoms with van der Waals surface area (Å²) in [6.07, 6.45) is 7.79. The molecule has 1 aliphatic carbocycles. The first kappa shape index (κ1) is 22.8. The standard InChI is InChI=1S/C40H23N3/c1-2-8-31-24(5-1)13-14-34-37-23-41-16-15-38(37)43(40(31)34)30-18-29(21-42-22-30)26-11-12-27-19-35-32-9-3-6-25-7-4-10-33(39(25)32)36(35)20-28(27)17-26/h1-23H. The highest BCUT2D eigenvalue weighted by atomic mass is 15.0. The smallest absolute Gasteiger partial charge is 0.0651 e. The zero-order valence-corrected chi connectivity index (χ0v) is 23.1. The molecule has 0 bridgehead atoms. The molecule has 0 radical (unpaired) electrons. The van der Waals surface area contributed by atoms with Crippen LogP contribution in [0.2, 0.25) is 0 Å². The van der Waals surface area contributed by atoms with Gasteiger partial charge >= 0.3 is 0 Å². The molecular weight excluding hydrogens is 522 g/mol. The van der Waals surface area contributed by atoms with Gasteiger partial charge in [0.1, 0.15) is 0 Å². The molecule has 0 saturated heterocycles. The minimum Gasteiger partial charge on any atom is -0.307 e. The Bertz CT molecular complexity index is 2620. The fourth-order valence-corrected chi connectivity index (χ4v) is 7.31. The summed E-state index contributed by atoms with van der Waals surface area (Å²) < 4.78 is 2.34. The molecule has 198 valence electrons. The molecule has 0 spiro atoms. The lowest BCUT2D eigenvalue weighted by molar-refractivity contribution is 1.14. The molecule has 3 aromatic heterocycles. The van der Waals surface area contributed by atoms with Gasteiger partial charge in [-0.25, -0.2) is 0 Å². The molecule has 43 heavy (non-hydrogen) atoms. The molecule has 3 heterocycles. The minimum atomic E-state index is 1.04. The Labute approximate surface area is 247 Å². The van der Waals surface area contributed by atoms with Gasteiger partial charge in [0.25, 0.3) is 0 Å². The van der Waals surface area contributed by atoms with Gasteiger partial charge in [0.2, 0.25) is 0 Å². The van der Waals surface area contributed by atoms with Crippen molar-refractivity contribution in [2.45, 2.75) is 0 Å². The van der Waals surface area contributed by atoms with E-state index in [2.05, 4.69) is 125 Å². The molecule has 6 aromatic carbocycles. The van der Waals surface area contributed by atoms with E-state index in [0.29, 0.717) is 0 Å². The summed E-state index contributed by atoms with van der Waals surface area (Å²) in [5.41, 5.74) is 10.9. The first-order valence-corrected chi connectivity index (χ1v) is 14.6. The summed E-state index contributed by atoms with van der Waals surface area (Å²) in [7, 11) is 0. The molecule has 0 saturated carbocycles. The molecule has 3 nitrogen and oxygen atoms in total. The molecule has 0 fully saturated rings. The van der Waals surface area contributed by atoms with Crippen LogP contribution in [0.25, 0.3) is 93.2 Å². The lowest BCUT2D eigenvalue weighted by Crippen LogP contribution is -1.96. The van der Waals surface area contributed by atoms with E-state index in [1.54, 1.807) is 0 Å². The summed E-state index contributed by atoms with van der Waals surface area (Å²) in [6.45, 7) is 0. The maximum Gasteiger partial charge on any atom is 0.0651 e. The molecule has 10 rings (SSSR count). The number of aromatic nitrogens is 3. The average Bonchev–Trinajstić information content (AvgIpc) is 3.58. The van der Waals surface area contributed by atoms with Crippen LogP contribution < -0.4 is 0 Å². The number of rotatable bonds is 2. The van der Waals surface area contributed by atoms with Gasteiger partial charge in [0.05, 0.1) is 22.9 Å². The number of pyridine rings is 2. The van der Waals surface area contributed by atoms with Crippen LogP contribution in [0, 0.1) is 0 Å². The molecule has 0 N–H and O–H groups in total. The van der Waals surface area contributed by atoms with Crippen LogP contribution in [-0.4, -0.2) is 14.5 Å². The van der Waals surface area contributed by atoms with Crippen molar-refractivity contribution in [3.63, 3.8) is 0 Å². The Kier molecular flexibility index (Phi) is 4.45. The van der Waals surface area contributed by atoms with Crippen molar-refractivity contribution in [1.82, 2.24) is 14.5 Å². The van der Waals surface area contributed by atoms with E-state index < -0.39 is 0 Å². The number of nitrogens with zero attached hydrogens (tertiary/aromatic N) is 3. The Balaban J connectivity index is 1.17. The third kappa shape index (κ3) is 3.14.